The van der Waals surface area contributed by atoms with Gasteiger partial charge in [0, 0.05) is 23.6 Å². The van der Waals surface area contributed by atoms with Crippen molar-refractivity contribution in [3.63, 3.8) is 0 Å². The van der Waals surface area contributed by atoms with Gasteiger partial charge in [0.05, 0.1) is 43.4 Å². The van der Waals surface area contributed by atoms with E-state index >= 15 is 0 Å². The Kier molecular flexibility index (Phi) is 5.60. The Balaban J connectivity index is 1.71. The smallest absolute Gasteiger partial charge is 0.229 e. The summed E-state index contributed by atoms with van der Waals surface area (Å²) in [7, 11) is 3.19. The third kappa shape index (κ3) is 3.59. The molecular formula is C23H23N3O3S. The Morgan fingerprint density at radius 3 is 2.70 bits per heavy atom. The molecule has 2 aliphatic heterocycles. The van der Waals surface area contributed by atoms with Crippen LogP contribution in [0.5, 0.6) is 11.5 Å². The van der Waals surface area contributed by atoms with Gasteiger partial charge < -0.3 is 14.4 Å². The highest BCUT2D eigenvalue weighted by molar-refractivity contribution is 8.03. The summed E-state index contributed by atoms with van der Waals surface area (Å²) < 4.78 is 10.9. The molecule has 1 saturated heterocycles. The maximum Gasteiger partial charge on any atom is 0.229 e. The largest absolute Gasteiger partial charge is 0.497 e. The van der Waals surface area contributed by atoms with E-state index < -0.39 is 0 Å². The van der Waals surface area contributed by atoms with Crippen LogP contribution in [0.15, 0.2) is 53.1 Å². The van der Waals surface area contributed by atoms with Crippen molar-refractivity contribution in [2.45, 2.75) is 19.3 Å². The van der Waals surface area contributed by atoms with Crippen molar-refractivity contribution < 1.29 is 14.3 Å². The van der Waals surface area contributed by atoms with Gasteiger partial charge in [0.15, 0.2) is 0 Å². The van der Waals surface area contributed by atoms with E-state index in [-0.39, 0.29) is 18.2 Å². The average molecular weight is 422 g/mol. The van der Waals surface area contributed by atoms with Crippen LogP contribution in [0.3, 0.4) is 0 Å². The fraction of sp³-hybridized carbons (Fsp3) is 0.304. The molecule has 1 unspecified atom stereocenters. The molecule has 1 atom stereocenters. The number of nitrogens with zero attached hydrogens (tertiary/aromatic N) is 3. The van der Waals surface area contributed by atoms with E-state index in [1.165, 1.54) is 17.3 Å². The lowest BCUT2D eigenvalue weighted by atomic mass is 9.86. The summed E-state index contributed by atoms with van der Waals surface area (Å²) in [5.74, 6) is 1.65. The summed E-state index contributed by atoms with van der Waals surface area (Å²) in [5, 5.41) is 10.8. The van der Waals surface area contributed by atoms with Crippen LogP contribution in [0.25, 0.3) is 0 Å². The maximum atomic E-state index is 13.1. The average Bonchev–Trinajstić information content (AvgIpc) is 2.78. The lowest BCUT2D eigenvalue weighted by molar-refractivity contribution is -0.129. The van der Waals surface area contributed by atoms with Crippen LogP contribution < -0.4 is 14.4 Å². The first-order chi connectivity index (χ1) is 14.5. The van der Waals surface area contributed by atoms with Crippen molar-refractivity contribution in [1.82, 2.24) is 4.90 Å². The highest BCUT2D eigenvalue weighted by Gasteiger charge is 2.39. The summed E-state index contributed by atoms with van der Waals surface area (Å²) >= 11 is 1.53. The molecule has 6 nitrogen and oxygen atoms in total. The molecule has 2 aromatic carbocycles. The lowest BCUT2D eigenvalue weighted by Crippen LogP contribution is -2.47. The predicted octanol–water partition coefficient (Wildman–Crippen LogP) is 4.23. The number of anilines is 1. The fourth-order valence-corrected chi connectivity index (χ4v) is 5.10. The molecule has 0 spiro atoms. The molecule has 1 amide bonds. The third-order valence-corrected chi connectivity index (χ3v) is 6.63. The molecule has 4 rings (SSSR count). The monoisotopic (exact) mass is 421 g/mol. The van der Waals surface area contributed by atoms with Crippen LogP contribution in [-0.2, 0) is 4.79 Å². The zero-order valence-corrected chi connectivity index (χ0v) is 18.0. The Labute approximate surface area is 180 Å². The first kappa shape index (κ1) is 20.2. The van der Waals surface area contributed by atoms with Crippen LogP contribution in [0.1, 0.15) is 23.5 Å². The quantitative estimate of drug-likeness (QED) is 0.736. The van der Waals surface area contributed by atoms with Crippen LogP contribution >= 0.6 is 11.8 Å². The minimum absolute atomic E-state index is 0.00345. The number of hydrogen-bond donors (Lipinski definition) is 0. The summed E-state index contributed by atoms with van der Waals surface area (Å²) in [6.07, 6.45) is 0.220. The Hall–Kier alpha value is -3.11. The molecule has 2 heterocycles. The third-order valence-electron chi connectivity index (χ3n) is 5.47. The molecule has 2 aliphatic rings. The number of fused-ring (bicyclic) bond motifs is 1. The standard InChI is InChI=1S/C23H23N3O3S/c1-15-5-4-6-16(9-15)25-13-26-22(27)11-18(20(12-24)23(26)30-14-25)19-10-17(28-2)7-8-21(19)29-3/h4-10,18H,11,13-14H2,1-3H3. The molecule has 7 heteroatoms. The van der Waals surface area contributed by atoms with Gasteiger partial charge >= 0.3 is 0 Å². The van der Waals surface area contributed by atoms with Gasteiger partial charge in [0.2, 0.25) is 5.91 Å². The molecule has 2 aromatic rings. The first-order valence-corrected chi connectivity index (χ1v) is 10.6. The van der Waals surface area contributed by atoms with Crippen molar-refractivity contribution in [3.8, 4) is 17.6 Å². The van der Waals surface area contributed by atoms with E-state index in [2.05, 4.69) is 30.0 Å². The van der Waals surface area contributed by atoms with Gasteiger partial charge in [0.25, 0.3) is 0 Å². The topological polar surface area (TPSA) is 65.8 Å². The number of amides is 1. The highest BCUT2D eigenvalue weighted by atomic mass is 32.2. The van der Waals surface area contributed by atoms with Gasteiger partial charge in [-0.05, 0) is 42.8 Å². The van der Waals surface area contributed by atoms with Crippen molar-refractivity contribution in [2.24, 2.45) is 0 Å². The van der Waals surface area contributed by atoms with Gasteiger partial charge in [-0.1, -0.05) is 23.9 Å². The van der Waals surface area contributed by atoms with E-state index in [1.807, 2.05) is 30.3 Å². The number of benzene rings is 2. The lowest BCUT2D eigenvalue weighted by Gasteiger charge is -2.42. The molecule has 154 valence electrons. The maximum absolute atomic E-state index is 13.1. The Morgan fingerprint density at radius 2 is 2.00 bits per heavy atom. The highest BCUT2D eigenvalue weighted by Crippen LogP contribution is 2.46. The van der Waals surface area contributed by atoms with Crippen LogP contribution in [0.2, 0.25) is 0 Å². The van der Waals surface area contributed by atoms with Crippen LogP contribution in [0, 0.1) is 18.3 Å². The van der Waals surface area contributed by atoms with Crippen molar-refractivity contribution in [2.75, 3.05) is 31.7 Å². The number of rotatable bonds is 4. The number of hydrogen-bond acceptors (Lipinski definition) is 6. The number of nitriles is 1. The van der Waals surface area contributed by atoms with E-state index in [0.717, 1.165) is 16.3 Å². The van der Waals surface area contributed by atoms with Crippen molar-refractivity contribution in [1.29, 1.82) is 5.26 Å². The minimum Gasteiger partial charge on any atom is -0.497 e. The number of ether oxygens (including phenoxy) is 2. The SMILES string of the molecule is COc1ccc(OC)c(C2CC(=O)N3CN(c4cccc(C)c4)CSC3=C2C#N)c1. The van der Waals surface area contributed by atoms with Gasteiger partial charge in [-0.15, -0.1) is 0 Å². The Morgan fingerprint density at radius 1 is 1.17 bits per heavy atom. The molecule has 30 heavy (non-hydrogen) atoms. The summed E-state index contributed by atoms with van der Waals surface area (Å²) in [6, 6.07) is 16.1. The number of allylic oxidation sites excluding steroid dienone is 1. The van der Waals surface area contributed by atoms with Gasteiger partial charge in [-0.3, -0.25) is 9.69 Å². The van der Waals surface area contributed by atoms with Crippen molar-refractivity contribution >= 4 is 23.4 Å². The zero-order chi connectivity index (χ0) is 21.3. The molecule has 1 fully saturated rings. The van der Waals surface area contributed by atoms with E-state index in [0.29, 0.717) is 29.6 Å². The molecule has 0 aromatic heterocycles. The second-order valence-corrected chi connectivity index (χ2v) is 8.24. The summed E-state index contributed by atoms with van der Waals surface area (Å²) in [4.78, 5) is 17.0. The van der Waals surface area contributed by atoms with E-state index in [9.17, 15) is 10.1 Å². The molecule has 0 radical (unpaired) electrons. The predicted molar refractivity (Wildman–Crippen MR) is 117 cm³/mol. The fourth-order valence-electron chi connectivity index (χ4n) is 3.93. The molecule has 0 N–H and O–H groups in total. The zero-order valence-electron chi connectivity index (χ0n) is 17.2. The van der Waals surface area contributed by atoms with Gasteiger partial charge in [0.1, 0.15) is 11.5 Å². The normalized spacial score (nSPS) is 18.7. The summed E-state index contributed by atoms with van der Waals surface area (Å²) in [5.41, 5.74) is 3.65. The van der Waals surface area contributed by atoms with Gasteiger partial charge in [-0.25, -0.2) is 0 Å². The van der Waals surface area contributed by atoms with E-state index in [1.54, 1.807) is 19.1 Å². The number of thioether (sulfide) groups is 1. The Bertz CT molecular complexity index is 1060. The molecule has 0 saturated carbocycles. The van der Waals surface area contributed by atoms with Crippen molar-refractivity contribution in [3.05, 3.63) is 64.2 Å². The minimum atomic E-state index is -0.350. The van der Waals surface area contributed by atoms with Gasteiger partial charge in [-0.2, -0.15) is 5.26 Å². The second-order valence-electron chi connectivity index (χ2n) is 7.31. The first-order valence-electron chi connectivity index (χ1n) is 9.66. The summed E-state index contributed by atoms with van der Waals surface area (Å²) in [6.45, 7) is 2.50. The molecular weight excluding hydrogens is 398 g/mol. The number of aryl methyl sites for hydroxylation is 1. The molecule has 0 aliphatic carbocycles. The number of carbonyl (C=O) groups excluding carboxylic acids is 1. The van der Waals surface area contributed by atoms with Crippen LogP contribution in [0.4, 0.5) is 5.69 Å². The van der Waals surface area contributed by atoms with Crippen LogP contribution in [-0.4, -0.2) is 37.6 Å². The number of methoxy groups -OCH3 is 2. The van der Waals surface area contributed by atoms with E-state index in [4.69, 9.17) is 9.47 Å². The number of carbonyl (C=O) groups is 1. The second kappa shape index (κ2) is 8.33. The molecule has 0 bridgehead atoms.